The minimum atomic E-state index is -3.70. The topological polar surface area (TPSA) is 87.6 Å². The minimum absolute atomic E-state index is 0.111. The molecule has 4 rings (SSSR count). The number of aliphatic imine (C=N–C) groups is 1. The highest BCUT2D eigenvalue weighted by molar-refractivity contribution is 7.90. The van der Waals surface area contributed by atoms with Crippen molar-refractivity contribution >= 4 is 38.8 Å². The number of hydrogen-bond acceptors (Lipinski definition) is 5. The highest BCUT2D eigenvalue weighted by Crippen LogP contribution is 2.30. The number of rotatable bonds is 4. The summed E-state index contributed by atoms with van der Waals surface area (Å²) in [5, 5.41) is 2.82. The number of fused-ring (bicyclic) bond motifs is 1. The van der Waals surface area contributed by atoms with Crippen LogP contribution in [-0.2, 0) is 22.9 Å². The van der Waals surface area contributed by atoms with Gasteiger partial charge >= 0.3 is 0 Å². The fourth-order valence-electron chi connectivity index (χ4n) is 3.37. The van der Waals surface area contributed by atoms with E-state index in [1.807, 2.05) is 6.07 Å². The summed E-state index contributed by atoms with van der Waals surface area (Å²) < 4.78 is 27.6. The van der Waals surface area contributed by atoms with E-state index in [1.54, 1.807) is 12.1 Å². The quantitative estimate of drug-likeness (QED) is 0.821. The molecule has 0 radical (unpaired) electrons. The van der Waals surface area contributed by atoms with Crippen LogP contribution in [0.15, 0.2) is 40.2 Å². The molecule has 2 aromatic rings. The van der Waals surface area contributed by atoms with Crippen molar-refractivity contribution in [2.24, 2.45) is 4.99 Å². The molecule has 0 saturated heterocycles. The molecule has 142 valence electrons. The van der Waals surface area contributed by atoms with Crippen LogP contribution in [0, 0.1) is 0 Å². The third-order valence-electron chi connectivity index (χ3n) is 4.75. The smallest absolute Gasteiger partial charge is 0.265 e. The Morgan fingerprint density at radius 1 is 1.07 bits per heavy atom. The molecule has 8 heteroatoms. The van der Waals surface area contributed by atoms with E-state index in [2.05, 4.69) is 15.0 Å². The fraction of sp³-hybridized carbons (Fsp3) is 0.368. The molecule has 0 atom stereocenters. The number of sulfonamides is 1. The van der Waals surface area contributed by atoms with Crippen molar-refractivity contribution in [3.05, 3.63) is 45.6 Å². The third kappa shape index (κ3) is 4.06. The third-order valence-corrected chi connectivity index (χ3v) is 7.36. The summed E-state index contributed by atoms with van der Waals surface area (Å²) in [5.41, 5.74) is 1.73. The summed E-state index contributed by atoms with van der Waals surface area (Å²) >= 11 is 1.54. The Labute approximate surface area is 162 Å². The molecule has 0 spiro atoms. The summed E-state index contributed by atoms with van der Waals surface area (Å²) in [4.78, 5) is 18.8. The second-order valence-electron chi connectivity index (χ2n) is 6.79. The van der Waals surface area contributed by atoms with E-state index < -0.39 is 10.0 Å². The first-order valence-corrected chi connectivity index (χ1v) is 11.4. The van der Waals surface area contributed by atoms with Crippen LogP contribution in [0.1, 0.15) is 45.8 Å². The first kappa shape index (κ1) is 18.2. The van der Waals surface area contributed by atoms with Gasteiger partial charge in [0.15, 0.2) is 0 Å². The van der Waals surface area contributed by atoms with Crippen molar-refractivity contribution in [2.75, 3.05) is 11.9 Å². The molecule has 1 aliphatic heterocycles. The zero-order valence-electron chi connectivity index (χ0n) is 14.8. The van der Waals surface area contributed by atoms with Gasteiger partial charge in [-0.2, -0.15) is 0 Å². The summed E-state index contributed by atoms with van der Waals surface area (Å²) in [6, 6.07) is 8.27. The molecule has 0 bridgehead atoms. The molecule has 0 unspecified atom stereocenters. The van der Waals surface area contributed by atoms with Crippen LogP contribution in [0.3, 0.4) is 0 Å². The van der Waals surface area contributed by atoms with Crippen molar-refractivity contribution in [3.8, 4) is 0 Å². The number of thiophene rings is 1. The zero-order chi connectivity index (χ0) is 18.9. The van der Waals surface area contributed by atoms with E-state index in [0.29, 0.717) is 29.4 Å². The number of amides is 1. The Morgan fingerprint density at radius 2 is 1.93 bits per heavy atom. The monoisotopic (exact) mass is 403 g/mol. The Hall–Kier alpha value is -2.19. The van der Waals surface area contributed by atoms with Gasteiger partial charge in [0.2, 0.25) is 0 Å². The van der Waals surface area contributed by atoms with Gasteiger partial charge in [-0.15, -0.1) is 11.3 Å². The van der Waals surface area contributed by atoms with Crippen molar-refractivity contribution in [2.45, 2.75) is 43.4 Å². The van der Waals surface area contributed by atoms with Crippen LogP contribution in [-0.4, -0.2) is 26.7 Å². The lowest BCUT2D eigenvalue weighted by Gasteiger charge is -2.09. The molecular formula is C19H21N3O3S2. The van der Waals surface area contributed by atoms with E-state index in [9.17, 15) is 13.2 Å². The number of amidine groups is 1. The molecule has 1 aliphatic carbocycles. The maximum atomic E-state index is 12.6. The van der Waals surface area contributed by atoms with Gasteiger partial charge in [-0.05, 0) is 61.9 Å². The van der Waals surface area contributed by atoms with Gasteiger partial charge < -0.3 is 5.32 Å². The lowest BCUT2D eigenvalue weighted by Crippen LogP contribution is -2.29. The number of anilines is 1. The number of hydrogen-bond donors (Lipinski definition) is 2. The van der Waals surface area contributed by atoms with E-state index in [1.165, 1.54) is 46.8 Å². The molecule has 0 saturated carbocycles. The zero-order valence-corrected chi connectivity index (χ0v) is 16.5. The average molecular weight is 404 g/mol. The normalized spacial score (nSPS) is 16.5. The second-order valence-corrected chi connectivity index (χ2v) is 9.60. The molecule has 27 heavy (non-hydrogen) atoms. The summed E-state index contributed by atoms with van der Waals surface area (Å²) in [6.45, 7) is 0.652. The van der Waals surface area contributed by atoms with Crippen molar-refractivity contribution in [3.63, 3.8) is 0 Å². The number of nitrogens with one attached hydrogen (secondary N) is 2. The predicted octanol–water partition coefficient (Wildman–Crippen LogP) is 3.35. The van der Waals surface area contributed by atoms with Crippen molar-refractivity contribution < 1.29 is 13.2 Å². The first-order chi connectivity index (χ1) is 13.0. The minimum Gasteiger partial charge on any atom is -0.321 e. The lowest BCUT2D eigenvalue weighted by atomic mass is 9.99. The SMILES string of the molecule is O=C(Nc1cccc(S(=O)(=O)NC2=NCCC2)c1)c1cc2c(s1)CCCC2. The standard InChI is InChI=1S/C19H21N3O3S2/c23-19(17-11-13-5-1-2-8-16(13)26-17)21-14-6-3-7-15(12-14)27(24,25)22-18-9-4-10-20-18/h3,6-7,11-12H,1-2,4-5,8-10H2,(H,20,22)(H,21,23). The van der Waals surface area contributed by atoms with Gasteiger partial charge in [0.1, 0.15) is 5.84 Å². The van der Waals surface area contributed by atoms with Gasteiger partial charge in [0, 0.05) is 23.5 Å². The molecule has 1 amide bonds. The fourth-order valence-corrected chi connectivity index (χ4v) is 5.66. The first-order valence-electron chi connectivity index (χ1n) is 9.10. The summed E-state index contributed by atoms with van der Waals surface area (Å²) in [5.74, 6) is 0.297. The molecule has 6 nitrogen and oxygen atoms in total. The molecule has 2 aliphatic rings. The lowest BCUT2D eigenvalue weighted by molar-refractivity contribution is 0.103. The highest BCUT2D eigenvalue weighted by Gasteiger charge is 2.20. The van der Waals surface area contributed by atoms with Gasteiger partial charge in [-0.3, -0.25) is 14.5 Å². The van der Waals surface area contributed by atoms with Gasteiger partial charge in [0.05, 0.1) is 9.77 Å². The van der Waals surface area contributed by atoms with Gasteiger partial charge in [-0.1, -0.05) is 6.07 Å². The molecule has 2 heterocycles. The number of carbonyl (C=O) groups excluding carboxylic acids is 1. The Kier molecular flexibility index (Phi) is 5.01. The summed E-state index contributed by atoms with van der Waals surface area (Å²) in [6.07, 6.45) is 5.91. The number of benzene rings is 1. The molecule has 1 aromatic carbocycles. The average Bonchev–Trinajstić information content (AvgIpc) is 3.31. The Bertz CT molecular complexity index is 985. The van der Waals surface area contributed by atoms with Crippen LogP contribution in [0.2, 0.25) is 0 Å². The number of nitrogens with zero attached hydrogens (tertiary/aromatic N) is 1. The van der Waals surface area contributed by atoms with Gasteiger partial charge in [-0.25, -0.2) is 8.42 Å². The van der Waals surface area contributed by atoms with E-state index in [0.717, 1.165) is 19.3 Å². The van der Waals surface area contributed by atoms with E-state index in [4.69, 9.17) is 0 Å². The summed E-state index contributed by atoms with van der Waals surface area (Å²) in [7, 11) is -3.70. The van der Waals surface area contributed by atoms with Crippen LogP contribution >= 0.6 is 11.3 Å². The van der Waals surface area contributed by atoms with E-state index >= 15 is 0 Å². The van der Waals surface area contributed by atoms with Crippen LogP contribution in [0.4, 0.5) is 5.69 Å². The maximum Gasteiger partial charge on any atom is 0.265 e. The number of carbonyl (C=O) groups is 1. The van der Waals surface area contributed by atoms with Crippen LogP contribution in [0.25, 0.3) is 0 Å². The van der Waals surface area contributed by atoms with Crippen LogP contribution < -0.4 is 10.0 Å². The van der Waals surface area contributed by atoms with Crippen molar-refractivity contribution in [1.82, 2.24) is 4.72 Å². The number of aryl methyl sites for hydroxylation is 2. The van der Waals surface area contributed by atoms with E-state index in [-0.39, 0.29) is 10.8 Å². The Morgan fingerprint density at radius 3 is 2.70 bits per heavy atom. The molecule has 2 N–H and O–H groups in total. The van der Waals surface area contributed by atoms with Crippen LogP contribution in [0.5, 0.6) is 0 Å². The largest absolute Gasteiger partial charge is 0.321 e. The predicted molar refractivity (Wildman–Crippen MR) is 107 cm³/mol. The van der Waals surface area contributed by atoms with Crippen molar-refractivity contribution in [1.29, 1.82) is 0 Å². The molecular weight excluding hydrogens is 382 g/mol. The maximum absolute atomic E-state index is 12.6. The molecule has 0 fully saturated rings. The van der Waals surface area contributed by atoms with Gasteiger partial charge in [0.25, 0.3) is 15.9 Å². The second kappa shape index (κ2) is 7.44. The highest BCUT2D eigenvalue weighted by atomic mass is 32.2. The molecule has 1 aromatic heterocycles. The Balaban J connectivity index is 1.50.